The first-order valence-electron chi connectivity index (χ1n) is 9.71. The van der Waals surface area contributed by atoms with Crippen molar-refractivity contribution in [1.29, 1.82) is 0 Å². The van der Waals surface area contributed by atoms with Gasteiger partial charge in [-0.15, -0.1) is 0 Å². The molecule has 0 atom stereocenters. The van der Waals surface area contributed by atoms with E-state index in [9.17, 15) is 14.4 Å². The lowest BCUT2D eigenvalue weighted by Crippen LogP contribution is -2.42. The largest absolute Gasteiger partial charge is 0.483 e. The molecule has 1 fully saturated rings. The molecule has 2 aromatic rings. The molecule has 3 rings (SSSR count). The van der Waals surface area contributed by atoms with E-state index in [0.717, 1.165) is 5.56 Å². The zero-order valence-corrected chi connectivity index (χ0v) is 17.4. The topological polar surface area (TPSA) is 102 Å². The Hall–Kier alpha value is -3.06. The SMILES string of the molecule is Cc1cc(Cl)ccc1OCC(=O)Nc1ccccc1C(=O)N1CCC(C(N)=O)CC1. The highest BCUT2D eigenvalue weighted by Crippen LogP contribution is 2.24. The minimum absolute atomic E-state index is 0.191. The molecule has 0 radical (unpaired) electrons. The van der Waals surface area contributed by atoms with Gasteiger partial charge in [0.25, 0.3) is 11.8 Å². The summed E-state index contributed by atoms with van der Waals surface area (Å²) in [5.41, 5.74) is 6.99. The lowest BCUT2D eigenvalue weighted by Gasteiger charge is -2.31. The molecule has 158 valence electrons. The fourth-order valence-electron chi connectivity index (χ4n) is 3.42. The normalized spacial score (nSPS) is 14.3. The third kappa shape index (κ3) is 5.30. The summed E-state index contributed by atoms with van der Waals surface area (Å²) in [6.07, 6.45) is 1.09. The molecule has 1 saturated heterocycles. The Morgan fingerprint density at radius 1 is 1.17 bits per heavy atom. The number of piperidine rings is 1. The molecule has 0 spiro atoms. The molecule has 30 heavy (non-hydrogen) atoms. The van der Waals surface area contributed by atoms with E-state index in [0.29, 0.717) is 48.0 Å². The van der Waals surface area contributed by atoms with Crippen molar-refractivity contribution in [3.05, 3.63) is 58.6 Å². The van der Waals surface area contributed by atoms with Gasteiger partial charge in [0.2, 0.25) is 5.91 Å². The molecule has 3 N–H and O–H groups in total. The van der Waals surface area contributed by atoms with Gasteiger partial charge in [-0.1, -0.05) is 23.7 Å². The van der Waals surface area contributed by atoms with Crippen molar-refractivity contribution in [1.82, 2.24) is 4.90 Å². The van der Waals surface area contributed by atoms with Crippen molar-refractivity contribution < 1.29 is 19.1 Å². The minimum atomic E-state index is -0.378. The van der Waals surface area contributed by atoms with Crippen LogP contribution in [0, 0.1) is 12.8 Å². The van der Waals surface area contributed by atoms with Crippen molar-refractivity contribution in [3.63, 3.8) is 0 Å². The molecule has 0 saturated carbocycles. The fourth-order valence-corrected chi connectivity index (χ4v) is 3.65. The van der Waals surface area contributed by atoms with Crippen LogP contribution in [0.4, 0.5) is 5.69 Å². The zero-order chi connectivity index (χ0) is 21.7. The zero-order valence-electron chi connectivity index (χ0n) is 16.7. The second kappa shape index (κ2) is 9.63. The Bertz CT molecular complexity index is 955. The van der Waals surface area contributed by atoms with Crippen LogP contribution in [0.2, 0.25) is 5.02 Å². The van der Waals surface area contributed by atoms with Crippen LogP contribution < -0.4 is 15.8 Å². The third-order valence-corrected chi connectivity index (χ3v) is 5.35. The Morgan fingerprint density at radius 2 is 1.87 bits per heavy atom. The molecule has 2 aromatic carbocycles. The number of anilines is 1. The van der Waals surface area contributed by atoms with Crippen molar-refractivity contribution in [2.75, 3.05) is 25.0 Å². The van der Waals surface area contributed by atoms with Gasteiger partial charge in [0, 0.05) is 24.0 Å². The van der Waals surface area contributed by atoms with Gasteiger partial charge in [0.05, 0.1) is 11.3 Å². The molecule has 0 unspecified atom stereocenters. The number of carbonyl (C=O) groups excluding carboxylic acids is 3. The van der Waals surface area contributed by atoms with E-state index in [1.807, 2.05) is 6.92 Å². The summed E-state index contributed by atoms with van der Waals surface area (Å²) in [5, 5.41) is 3.34. The maximum Gasteiger partial charge on any atom is 0.262 e. The van der Waals surface area contributed by atoms with E-state index < -0.39 is 0 Å². The summed E-state index contributed by atoms with van der Waals surface area (Å²) in [4.78, 5) is 38.4. The van der Waals surface area contributed by atoms with Crippen LogP contribution in [-0.2, 0) is 9.59 Å². The van der Waals surface area contributed by atoms with Crippen molar-refractivity contribution in [2.24, 2.45) is 11.7 Å². The number of ether oxygens (including phenoxy) is 1. The Kier molecular flexibility index (Phi) is 6.95. The fraction of sp³-hybridized carbons (Fsp3) is 0.318. The Labute approximate surface area is 180 Å². The number of hydrogen-bond acceptors (Lipinski definition) is 4. The first-order chi connectivity index (χ1) is 14.3. The van der Waals surface area contributed by atoms with Crippen molar-refractivity contribution >= 4 is 35.0 Å². The standard InChI is InChI=1S/C22H24ClN3O4/c1-14-12-16(23)6-7-19(14)30-13-20(27)25-18-5-3-2-4-17(18)22(29)26-10-8-15(9-11-26)21(24)28/h2-7,12,15H,8-11,13H2,1H3,(H2,24,28)(H,25,27). The molecule has 0 aliphatic carbocycles. The number of rotatable bonds is 6. The first kappa shape index (κ1) is 21.6. The van der Waals surface area contributed by atoms with E-state index in [1.54, 1.807) is 47.4 Å². The molecular formula is C22H24ClN3O4. The maximum absolute atomic E-state index is 12.9. The van der Waals surface area contributed by atoms with E-state index >= 15 is 0 Å². The maximum atomic E-state index is 12.9. The lowest BCUT2D eigenvalue weighted by molar-refractivity contribution is -0.123. The van der Waals surface area contributed by atoms with Crippen LogP contribution in [0.25, 0.3) is 0 Å². The van der Waals surface area contributed by atoms with E-state index in [1.165, 1.54) is 0 Å². The van der Waals surface area contributed by atoms with Gasteiger partial charge >= 0.3 is 0 Å². The van der Waals surface area contributed by atoms with E-state index in [-0.39, 0.29) is 30.2 Å². The van der Waals surface area contributed by atoms with Crippen molar-refractivity contribution in [3.8, 4) is 5.75 Å². The number of hydrogen-bond donors (Lipinski definition) is 2. The van der Waals surface area contributed by atoms with Gasteiger partial charge in [-0.05, 0) is 55.7 Å². The molecule has 1 aliphatic heterocycles. The second-order valence-electron chi connectivity index (χ2n) is 7.26. The molecule has 1 heterocycles. The summed E-state index contributed by atoms with van der Waals surface area (Å²) in [6.45, 7) is 2.55. The second-order valence-corrected chi connectivity index (χ2v) is 7.70. The van der Waals surface area contributed by atoms with E-state index in [4.69, 9.17) is 22.1 Å². The molecule has 3 amide bonds. The van der Waals surface area contributed by atoms with Crippen LogP contribution in [-0.4, -0.2) is 42.3 Å². The number of nitrogens with two attached hydrogens (primary N) is 1. The van der Waals surface area contributed by atoms with Gasteiger partial charge in [-0.2, -0.15) is 0 Å². The van der Waals surface area contributed by atoms with Crippen LogP contribution in [0.3, 0.4) is 0 Å². The molecular weight excluding hydrogens is 406 g/mol. The lowest BCUT2D eigenvalue weighted by atomic mass is 9.95. The number of nitrogens with zero attached hydrogens (tertiary/aromatic N) is 1. The highest BCUT2D eigenvalue weighted by atomic mass is 35.5. The van der Waals surface area contributed by atoms with Gasteiger partial charge in [-0.25, -0.2) is 0 Å². The number of para-hydroxylation sites is 1. The number of primary amides is 1. The average Bonchev–Trinajstić information content (AvgIpc) is 2.73. The minimum Gasteiger partial charge on any atom is -0.483 e. The predicted octanol–water partition coefficient (Wildman–Crippen LogP) is 3.00. The highest BCUT2D eigenvalue weighted by molar-refractivity contribution is 6.30. The summed E-state index contributed by atoms with van der Waals surface area (Å²) in [5.74, 6) is -0.528. The van der Waals surface area contributed by atoms with E-state index in [2.05, 4.69) is 5.32 Å². The average molecular weight is 430 g/mol. The number of aryl methyl sites for hydroxylation is 1. The third-order valence-electron chi connectivity index (χ3n) is 5.11. The molecule has 1 aliphatic rings. The number of halogens is 1. The summed E-state index contributed by atoms with van der Waals surface area (Å²) in [7, 11) is 0. The van der Waals surface area contributed by atoms with Crippen molar-refractivity contribution in [2.45, 2.75) is 19.8 Å². The summed E-state index contributed by atoms with van der Waals surface area (Å²) in [6, 6.07) is 12.0. The molecule has 7 nitrogen and oxygen atoms in total. The van der Waals surface area contributed by atoms with Gasteiger partial charge < -0.3 is 20.7 Å². The van der Waals surface area contributed by atoms with Crippen LogP contribution in [0.1, 0.15) is 28.8 Å². The number of likely N-dealkylation sites (tertiary alicyclic amines) is 1. The van der Waals surface area contributed by atoms with Gasteiger partial charge in [0.1, 0.15) is 5.75 Å². The quantitative estimate of drug-likeness (QED) is 0.736. The molecule has 0 aromatic heterocycles. The molecule has 8 heteroatoms. The Balaban J connectivity index is 1.62. The number of carbonyl (C=O) groups is 3. The predicted molar refractivity (Wildman–Crippen MR) is 115 cm³/mol. The van der Waals surface area contributed by atoms with Gasteiger partial charge in [0.15, 0.2) is 6.61 Å². The van der Waals surface area contributed by atoms with Crippen LogP contribution >= 0.6 is 11.6 Å². The number of nitrogens with one attached hydrogen (secondary N) is 1. The summed E-state index contributed by atoms with van der Waals surface area (Å²) < 4.78 is 5.57. The first-order valence-corrected chi connectivity index (χ1v) is 10.1. The van der Waals surface area contributed by atoms with Crippen LogP contribution in [0.5, 0.6) is 5.75 Å². The smallest absolute Gasteiger partial charge is 0.262 e. The monoisotopic (exact) mass is 429 g/mol. The number of amides is 3. The summed E-state index contributed by atoms with van der Waals surface area (Å²) >= 11 is 5.93. The van der Waals surface area contributed by atoms with Crippen LogP contribution in [0.15, 0.2) is 42.5 Å². The van der Waals surface area contributed by atoms with Gasteiger partial charge in [-0.3, -0.25) is 14.4 Å². The molecule has 0 bridgehead atoms. The number of benzene rings is 2. The Morgan fingerprint density at radius 3 is 2.53 bits per heavy atom. The highest BCUT2D eigenvalue weighted by Gasteiger charge is 2.27.